The first-order valence-electron chi connectivity index (χ1n) is 11.5. The van der Waals surface area contributed by atoms with Gasteiger partial charge in [0.25, 0.3) is 0 Å². The van der Waals surface area contributed by atoms with E-state index in [0.29, 0.717) is 12.3 Å². The molecule has 3 aliphatic carbocycles. The van der Waals surface area contributed by atoms with Gasteiger partial charge in [0.05, 0.1) is 0 Å². The van der Waals surface area contributed by atoms with Crippen LogP contribution < -0.4 is 0 Å². The van der Waals surface area contributed by atoms with E-state index in [1.54, 1.807) is 6.08 Å². The van der Waals surface area contributed by atoms with Crippen molar-refractivity contribution in [2.45, 2.75) is 103 Å². The maximum Gasteiger partial charge on any atom is 0.523 e. The molecule has 28 heavy (non-hydrogen) atoms. The number of hydrogen-bond donors (Lipinski definition) is 0. The minimum atomic E-state index is -4.59. The molecule has 0 aromatic rings. The summed E-state index contributed by atoms with van der Waals surface area (Å²) in [5.41, 5.74) is -0.0837. The van der Waals surface area contributed by atoms with Crippen LogP contribution in [-0.4, -0.2) is 12.0 Å². The van der Waals surface area contributed by atoms with E-state index in [1.807, 2.05) is 19.1 Å². The molecule has 0 amide bonds. The summed E-state index contributed by atoms with van der Waals surface area (Å²) in [6.07, 6.45) is 14.0. The largest absolute Gasteiger partial charge is 0.523 e. The quantitative estimate of drug-likeness (QED) is 0.441. The fourth-order valence-electron chi connectivity index (χ4n) is 6.05. The second kappa shape index (κ2) is 9.36. The molecular weight excluding hydrogens is 361 g/mol. The summed E-state index contributed by atoms with van der Waals surface area (Å²) in [4.78, 5) is 0. The third-order valence-corrected chi connectivity index (χ3v) is 7.69. The maximum atomic E-state index is 13.2. The molecule has 0 bridgehead atoms. The van der Waals surface area contributed by atoms with Crippen molar-refractivity contribution in [1.82, 2.24) is 0 Å². The van der Waals surface area contributed by atoms with Crippen molar-refractivity contribution < 1.29 is 17.9 Å². The molecule has 0 N–H and O–H groups in total. The molecule has 160 valence electrons. The molecule has 2 fully saturated rings. The van der Waals surface area contributed by atoms with Crippen LogP contribution in [0.2, 0.25) is 0 Å². The van der Waals surface area contributed by atoms with Crippen LogP contribution in [0, 0.1) is 23.7 Å². The van der Waals surface area contributed by atoms with Gasteiger partial charge in [-0.3, -0.25) is 4.74 Å². The number of alkyl halides is 3. The first-order valence-corrected chi connectivity index (χ1v) is 11.5. The Bertz CT molecular complexity index is 549. The molecule has 3 rings (SSSR count). The van der Waals surface area contributed by atoms with Crippen LogP contribution in [0.1, 0.15) is 90.9 Å². The molecule has 0 saturated heterocycles. The zero-order valence-corrected chi connectivity index (χ0v) is 17.6. The Labute approximate surface area is 168 Å². The molecule has 0 aliphatic heterocycles. The lowest BCUT2D eigenvalue weighted by molar-refractivity contribution is -0.366. The van der Waals surface area contributed by atoms with E-state index < -0.39 is 12.0 Å². The average Bonchev–Trinajstić information content (AvgIpc) is 2.68. The molecule has 0 aromatic heterocycles. The zero-order valence-electron chi connectivity index (χ0n) is 17.6. The van der Waals surface area contributed by atoms with Gasteiger partial charge in [-0.1, -0.05) is 63.3 Å². The molecule has 3 aliphatic rings. The van der Waals surface area contributed by atoms with Crippen LogP contribution in [-0.2, 0) is 4.74 Å². The lowest BCUT2D eigenvalue weighted by Gasteiger charge is -2.45. The standard InChI is InChI=1S/C24H37F3O/c1-3-5-19-6-8-20(9-7-19)21-10-12-22(13-11-21)23(28-24(25,26)27)16-14-18(4-2)15-17-23/h14-16,19-22H,3-13,17H2,1-2H3. The van der Waals surface area contributed by atoms with Crippen LogP contribution in [0.5, 0.6) is 0 Å². The molecule has 4 heteroatoms. The molecule has 0 aromatic carbocycles. The predicted octanol–water partition coefficient (Wildman–Crippen LogP) is 7.97. The topological polar surface area (TPSA) is 9.23 Å². The smallest absolute Gasteiger partial charge is 0.280 e. The van der Waals surface area contributed by atoms with Crippen LogP contribution in [0.3, 0.4) is 0 Å². The number of halogens is 3. The van der Waals surface area contributed by atoms with Gasteiger partial charge in [-0.25, -0.2) is 0 Å². The Morgan fingerprint density at radius 2 is 1.57 bits per heavy atom. The maximum absolute atomic E-state index is 13.2. The summed E-state index contributed by atoms with van der Waals surface area (Å²) in [5, 5.41) is 0. The summed E-state index contributed by atoms with van der Waals surface area (Å²) in [6.45, 7) is 4.30. The van der Waals surface area contributed by atoms with Gasteiger partial charge in [-0.15, -0.1) is 13.2 Å². The van der Waals surface area contributed by atoms with E-state index in [0.717, 1.165) is 49.5 Å². The fraction of sp³-hybridized carbons (Fsp3) is 0.833. The second-order valence-electron chi connectivity index (χ2n) is 9.35. The van der Waals surface area contributed by atoms with E-state index >= 15 is 0 Å². The Hall–Kier alpha value is -0.770. The molecule has 1 atom stereocenters. The van der Waals surface area contributed by atoms with Crippen molar-refractivity contribution >= 4 is 0 Å². The summed E-state index contributed by atoms with van der Waals surface area (Å²) in [5.74, 6) is 2.37. The molecule has 0 radical (unpaired) electrons. The minimum Gasteiger partial charge on any atom is -0.280 e. The molecule has 1 unspecified atom stereocenters. The number of hydrogen-bond acceptors (Lipinski definition) is 1. The van der Waals surface area contributed by atoms with Crippen molar-refractivity contribution in [3.05, 3.63) is 23.8 Å². The highest BCUT2D eigenvalue weighted by Gasteiger charge is 2.48. The highest BCUT2D eigenvalue weighted by Crippen LogP contribution is 2.48. The number of ether oxygens (including phenoxy) is 1. The normalized spacial score (nSPS) is 37.0. The van der Waals surface area contributed by atoms with Gasteiger partial charge in [0, 0.05) is 0 Å². The van der Waals surface area contributed by atoms with Gasteiger partial charge < -0.3 is 0 Å². The van der Waals surface area contributed by atoms with Crippen molar-refractivity contribution in [3.63, 3.8) is 0 Å². The molecule has 2 saturated carbocycles. The van der Waals surface area contributed by atoms with Gasteiger partial charge >= 0.3 is 6.36 Å². The van der Waals surface area contributed by atoms with Gasteiger partial charge in [-0.05, 0) is 75.0 Å². The molecule has 0 heterocycles. The van der Waals surface area contributed by atoms with E-state index in [4.69, 9.17) is 4.74 Å². The summed E-state index contributed by atoms with van der Waals surface area (Å²) in [6, 6.07) is 0. The molecule has 0 spiro atoms. The summed E-state index contributed by atoms with van der Waals surface area (Å²) >= 11 is 0. The lowest BCUT2D eigenvalue weighted by atomic mass is 9.65. The van der Waals surface area contributed by atoms with Gasteiger partial charge in [-0.2, -0.15) is 0 Å². The van der Waals surface area contributed by atoms with Crippen LogP contribution in [0.15, 0.2) is 23.8 Å². The number of allylic oxidation sites excluding steroid dienone is 2. The molecule has 1 nitrogen and oxygen atoms in total. The van der Waals surface area contributed by atoms with Crippen molar-refractivity contribution in [2.24, 2.45) is 23.7 Å². The second-order valence-corrected chi connectivity index (χ2v) is 9.35. The minimum absolute atomic E-state index is 0.0345. The van der Waals surface area contributed by atoms with E-state index in [1.165, 1.54) is 38.5 Å². The third kappa shape index (κ3) is 5.43. The van der Waals surface area contributed by atoms with Gasteiger partial charge in [0.2, 0.25) is 0 Å². The van der Waals surface area contributed by atoms with Crippen LogP contribution in [0.25, 0.3) is 0 Å². The van der Waals surface area contributed by atoms with Crippen LogP contribution in [0.4, 0.5) is 13.2 Å². The third-order valence-electron chi connectivity index (χ3n) is 7.69. The van der Waals surface area contributed by atoms with E-state index in [9.17, 15) is 13.2 Å². The Morgan fingerprint density at radius 1 is 0.964 bits per heavy atom. The summed E-state index contributed by atoms with van der Waals surface area (Å²) in [7, 11) is 0. The SMILES string of the molecule is CCCC1CCC(C2CCC(C3(OC(F)(F)F)C=CC(CC)=CC3)CC2)CC1. The fourth-order valence-corrected chi connectivity index (χ4v) is 6.05. The average molecular weight is 399 g/mol. The highest BCUT2D eigenvalue weighted by atomic mass is 19.4. The van der Waals surface area contributed by atoms with E-state index in [-0.39, 0.29) is 5.92 Å². The Kier molecular flexibility index (Phi) is 7.33. The Morgan fingerprint density at radius 3 is 2.04 bits per heavy atom. The highest BCUT2D eigenvalue weighted by molar-refractivity contribution is 5.29. The molecular formula is C24H37F3O. The number of rotatable bonds is 6. The van der Waals surface area contributed by atoms with Crippen LogP contribution >= 0.6 is 0 Å². The monoisotopic (exact) mass is 398 g/mol. The lowest BCUT2D eigenvalue weighted by Crippen LogP contribution is -2.45. The van der Waals surface area contributed by atoms with Crippen molar-refractivity contribution in [1.29, 1.82) is 0 Å². The first-order chi connectivity index (χ1) is 13.3. The first kappa shape index (κ1) is 21.9. The van der Waals surface area contributed by atoms with Gasteiger partial charge in [0.15, 0.2) is 0 Å². The zero-order chi connectivity index (χ0) is 20.2. The van der Waals surface area contributed by atoms with Crippen molar-refractivity contribution in [2.75, 3.05) is 0 Å². The van der Waals surface area contributed by atoms with Gasteiger partial charge in [0.1, 0.15) is 5.60 Å². The predicted molar refractivity (Wildman–Crippen MR) is 108 cm³/mol. The summed E-state index contributed by atoms with van der Waals surface area (Å²) < 4.78 is 44.4. The van der Waals surface area contributed by atoms with E-state index in [2.05, 4.69) is 6.92 Å². The Balaban J connectivity index is 1.59. The van der Waals surface area contributed by atoms with Crippen molar-refractivity contribution in [3.8, 4) is 0 Å².